The quantitative estimate of drug-likeness (QED) is 0.826. The van der Waals surface area contributed by atoms with E-state index in [4.69, 9.17) is 0 Å². The third-order valence-electron chi connectivity index (χ3n) is 2.54. The molecule has 0 amide bonds. The van der Waals surface area contributed by atoms with Crippen LogP contribution >= 0.6 is 11.8 Å². The van der Waals surface area contributed by atoms with Crippen LogP contribution in [0, 0.1) is 6.92 Å². The van der Waals surface area contributed by atoms with E-state index in [0.717, 1.165) is 11.3 Å². The first-order valence-corrected chi connectivity index (χ1v) is 6.72. The van der Waals surface area contributed by atoms with Gasteiger partial charge in [0, 0.05) is 16.8 Å². The van der Waals surface area contributed by atoms with E-state index in [9.17, 15) is 8.78 Å². The lowest BCUT2D eigenvalue weighted by molar-refractivity contribution is 0.252. The SMILES string of the molecule is Cc1ccc(CNc2ccccc2SC(F)F)nc1. The van der Waals surface area contributed by atoms with Crippen LogP contribution < -0.4 is 5.32 Å². The number of nitrogens with one attached hydrogen (secondary N) is 1. The Morgan fingerprint density at radius 1 is 1.21 bits per heavy atom. The highest BCUT2D eigenvalue weighted by molar-refractivity contribution is 7.99. The van der Waals surface area contributed by atoms with Crippen molar-refractivity contribution in [2.75, 3.05) is 5.32 Å². The molecule has 0 aliphatic carbocycles. The maximum absolute atomic E-state index is 12.4. The highest BCUT2D eigenvalue weighted by Gasteiger charge is 2.09. The van der Waals surface area contributed by atoms with Crippen LogP contribution in [0.4, 0.5) is 14.5 Å². The average Bonchev–Trinajstić information content (AvgIpc) is 2.39. The van der Waals surface area contributed by atoms with Crippen molar-refractivity contribution in [1.82, 2.24) is 4.98 Å². The Kier molecular flexibility index (Phi) is 4.74. The molecule has 1 aromatic carbocycles. The van der Waals surface area contributed by atoms with Gasteiger partial charge in [-0.2, -0.15) is 8.78 Å². The van der Waals surface area contributed by atoms with Crippen LogP contribution in [-0.4, -0.2) is 10.7 Å². The van der Waals surface area contributed by atoms with Crippen molar-refractivity contribution >= 4 is 17.4 Å². The molecule has 0 saturated carbocycles. The molecular weight excluding hydrogens is 266 g/mol. The third kappa shape index (κ3) is 4.21. The number of benzene rings is 1. The van der Waals surface area contributed by atoms with Gasteiger partial charge in [-0.3, -0.25) is 4.98 Å². The van der Waals surface area contributed by atoms with E-state index < -0.39 is 5.76 Å². The summed E-state index contributed by atoms with van der Waals surface area (Å²) in [6, 6.07) is 10.9. The Labute approximate surface area is 115 Å². The van der Waals surface area contributed by atoms with Gasteiger partial charge in [0.05, 0.1) is 12.2 Å². The summed E-state index contributed by atoms with van der Waals surface area (Å²) < 4.78 is 24.9. The summed E-state index contributed by atoms with van der Waals surface area (Å²) in [5.74, 6) is -2.42. The second-order valence-electron chi connectivity index (χ2n) is 4.06. The van der Waals surface area contributed by atoms with Crippen LogP contribution in [0.2, 0.25) is 0 Å². The van der Waals surface area contributed by atoms with Crippen LogP contribution in [0.5, 0.6) is 0 Å². The molecule has 0 radical (unpaired) electrons. The van der Waals surface area contributed by atoms with Gasteiger partial charge in [0.1, 0.15) is 0 Å². The van der Waals surface area contributed by atoms with Gasteiger partial charge in [-0.15, -0.1) is 0 Å². The van der Waals surface area contributed by atoms with Gasteiger partial charge in [-0.1, -0.05) is 30.0 Å². The highest BCUT2D eigenvalue weighted by Crippen LogP contribution is 2.31. The normalized spacial score (nSPS) is 10.7. The number of hydrogen-bond donors (Lipinski definition) is 1. The van der Waals surface area contributed by atoms with E-state index in [0.29, 0.717) is 28.9 Å². The predicted molar refractivity (Wildman–Crippen MR) is 74.6 cm³/mol. The molecule has 0 unspecified atom stereocenters. The number of thioether (sulfide) groups is 1. The van der Waals surface area contributed by atoms with Crippen LogP contribution in [0.15, 0.2) is 47.5 Å². The molecule has 2 rings (SSSR count). The van der Waals surface area contributed by atoms with Gasteiger partial charge in [-0.25, -0.2) is 0 Å². The van der Waals surface area contributed by atoms with E-state index in [1.54, 1.807) is 24.4 Å². The summed E-state index contributed by atoms with van der Waals surface area (Å²) in [4.78, 5) is 4.81. The van der Waals surface area contributed by atoms with Gasteiger partial charge in [0.2, 0.25) is 0 Å². The smallest absolute Gasteiger partial charge is 0.288 e. The number of alkyl halides is 2. The van der Waals surface area contributed by atoms with Gasteiger partial charge in [0.15, 0.2) is 0 Å². The molecule has 5 heteroatoms. The van der Waals surface area contributed by atoms with E-state index in [2.05, 4.69) is 10.3 Å². The number of hydrogen-bond acceptors (Lipinski definition) is 3. The lowest BCUT2D eigenvalue weighted by atomic mass is 10.2. The topological polar surface area (TPSA) is 24.9 Å². The van der Waals surface area contributed by atoms with E-state index in [-0.39, 0.29) is 0 Å². The van der Waals surface area contributed by atoms with Crippen LogP contribution in [-0.2, 0) is 6.54 Å². The second kappa shape index (κ2) is 6.52. The minimum atomic E-state index is -2.42. The molecule has 1 N–H and O–H groups in total. The molecule has 0 bridgehead atoms. The number of para-hydroxylation sites is 1. The lowest BCUT2D eigenvalue weighted by Gasteiger charge is -2.11. The van der Waals surface area contributed by atoms with Crippen molar-refractivity contribution in [2.45, 2.75) is 24.1 Å². The summed E-state index contributed by atoms with van der Waals surface area (Å²) in [5, 5.41) is 3.14. The summed E-state index contributed by atoms with van der Waals surface area (Å²) in [5.41, 5.74) is 2.68. The van der Waals surface area contributed by atoms with E-state index in [1.165, 1.54) is 0 Å². The predicted octanol–water partition coefficient (Wildman–Crippen LogP) is 4.32. The van der Waals surface area contributed by atoms with Crippen molar-refractivity contribution < 1.29 is 8.78 Å². The van der Waals surface area contributed by atoms with Gasteiger partial charge in [-0.05, 0) is 30.7 Å². The largest absolute Gasteiger partial charge is 0.378 e. The first-order chi connectivity index (χ1) is 9.15. The fourth-order valence-electron chi connectivity index (χ4n) is 1.60. The molecule has 1 heterocycles. The minimum absolute atomic E-state index is 0.515. The standard InChI is InChI=1S/C14H14F2N2S/c1-10-6-7-11(17-8-10)9-18-12-4-2-3-5-13(12)19-14(15)16/h2-8,14,18H,9H2,1H3. The Balaban J connectivity index is 2.04. The second-order valence-corrected chi connectivity index (χ2v) is 5.09. The number of rotatable bonds is 5. The molecule has 1 aromatic heterocycles. The minimum Gasteiger partial charge on any atom is -0.378 e. The molecule has 0 atom stereocenters. The summed E-state index contributed by atoms with van der Waals surface area (Å²) >= 11 is 0.546. The van der Waals surface area contributed by atoms with E-state index >= 15 is 0 Å². The Morgan fingerprint density at radius 2 is 2.00 bits per heavy atom. The molecule has 0 aliphatic heterocycles. The fourth-order valence-corrected chi connectivity index (χ4v) is 2.22. The molecular formula is C14H14F2N2S. The molecule has 19 heavy (non-hydrogen) atoms. The maximum atomic E-state index is 12.4. The number of anilines is 1. The number of aryl methyl sites for hydroxylation is 1. The molecule has 0 aliphatic rings. The number of pyridine rings is 1. The zero-order chi connectivity index (χ0) is 13.7. The van der Waals surface area contributed by atoms with Crippen molar-refractivity contribution in [2.24, 2.45) is 0 Å². The fraction of sp³-hybridized carbons (Fsp3) is 0.214. The van der Waals surface area contributed by atoms with Gasteiger partial charge >= 0.3 is 0 Å². The molecule has 0 spiro atoms. The molecule has 2 aromatic rings. The summed E-state index contributed by atoms with van der Waals surface area (Å²) in [6.45, 7) is 2.49. The number of aromatic nitrogens is 1. The lowest BCUT2D eigenvalue weighted by Crippen LogP contribution is -2.02. The molecule has 0 saturated heterocycles. The van der Waals surface area contributed by atoms with Crippen molar-refractivity contribution in [3.05, 3.63) is 53.9 Å². The van der Waals surface area contributed by atoms with Crippen molar-refractivity contribution in [1.29, 1.82) is 0 Å². The summed E-state index contributed by atoms with van der Waals surface area (Å²) in [7, 11) is 0. The molecule has 100 valence electrons. The van der Waals surface area contributed by atoms with Gasteiger partial charge < -0.3 is 5.32 Å². The third-order valence-corrected chi connectivity index (χ3v) is 3.32. The highest BCUT2D eigenvalue weighted by atomic mass is 32.2. The van der Waals surface area contributed by atoms with Crippen LogP contribution in [0.25, 0.3) is 0 Å². The molecule has 2 nitrogen and oxygen atoms in total. The Hall–Kier alpha value is -1.62. The van der Waals surface area contributed by atoms with E-state index in [1.807, 2.05) is 25.1 Å². The molecule has 0 fully saturated rings. The van der Waals surface area contributed by atoms with Crippen molar-refractivity contribution in [3.8, 4) is 0 Å². The maximum Gasteiger partial charge on any atom is 0.288 e. The first-order valence-electron chi connectivity index (χ1n) is 5.84. The van der Waals surface area contributed by atoms with Crippen LogP contribution in [0.3, 0.4) is 0 Å². The average molecular weight is 280 g/mol. The number of nitrogens with zero attached hydrogens (tertiary/aromatic N) is 1. The number of halogens is 2. The zero-order valence-corrected chi connectivity index (χ0v) is 11.3. The monoisotopic (exact) mass is 280 g/mol. The summed E-state index contributed by atoms with van der Waals surface area (Å²) in [6.07, 6.45) is 1.79. The Bertz CT molecular complexity index is 529. The van der Waals surface area contributed by atoms with Crippen molar-refractivity contribution in [3.63, 3.8) is 0 Å². The zero-order valence-electron chi connectivity index (χ0n) is 10.4. The van der Waals surface area contributed by atoms with Gasteiger partial charge in [0.25, 0.3) is 5.76 Å². The first kappa shape index (κ1) is 13.8. The Morgan fingerprint density at radius 3 is 2.68 bits per heavy atom. The van der Waals surface area contributed by atoms with Crippen LogP contribution in [0.1, 0.15) is 11.3 Å².